The molecule has 114 valence electrons. The average Bonchev–Trinajstić information content (AvgIpc) is 2.44. The molecule has 7 heteroatoms. The molecule has 22 heavy (non-hydrogen) atoms. The maximum Gasteiger partial charge on any atom is 0.269 e. The zero-order valence-corrected chi connectivity index (χ0v) is 11.4. The molecule has 0 heterocycles. The smallest absolute Gasteiger partial charge is 0.269 e. The van der Waals surface area contributed by atoms with Gasteiger partial charge in [0.2, 0.25) is 0 Å². The van der Waals surface area contributed by atoms with Crippen LogP contribution in [0.25, 0.3) is 0 Å². The molecule has 2 aromatic carbocycles. The van der Waals surface area contributed by atoms with Crippen molar-refractivity contribution in [1.82, 2.24) is 0 Å². The molecule has 7 nitrogen and oxygen atoms in total. The van der Waals surface area contributed by atoms with E-state index in [2.05, 4.69) is 0 Å². The van der Waals surface area contributed by atoms with Crippen LogP contribution >= 0.6 is 0 Å². The van der Waals surface area contributed by atoms with E-state index in [1.165, 1.54) is 12.1 Å². The van der Waals surface area contributed by atoms with Crippen LogP contribution in [0.1, 0.15) is 22.3 Å². The van der Waals surface area contributed by atoms with Gasteiger partial charge in [-0.15, -0.1) is 0 Å². The van der Waals surface area contributed by atoms with Crippen LogP contribution in [0, 0.1) is 10.1 Å². The maximum absolute atomic E-state index is 12.0. The van der Waals surface area contributed by atoms with Crippen molar-refractivity contribution in [2.24, 2.45) is 0 Å². The van der Waals surface area contributed by atoms with E-state index in [4.69, 9.17) is 0 Å². The summed E-state index contributed by atoms with van der Waals surface area (Å²) in [5.41, 5.74) is 0.431. The lowest BCUT2D eigenvalue weighted by Gasteiger charge is -2.07. The lowest BCUT2D eigenvalue weighted by Crippen LogP contribution is -2.02. The van der Waals surface area contributed by atoms with Gasteiger partial charge >= 0.3 is 0 Å². The van der Waals surface area contributed by atoms with Crippen LogP contribution in [-0.4, -0.2) is 26.0 Å². The molecule has 2 rings (SSSR count). The number of benzene rings is 2. The first-order chi connectivity index (χ1) is 10.4. The average molecular weight is 303 g/mol. The number of phenolic OH excluding ortho intramolecular Hbond substituents is 3. The second kappa shape index (κ2) is 6.13. The predicted octanol–water partition coefficient (Wildman–Crippen LogP) is 2.53. The van der Waals surface area contributed by atoms with Crippen LogP contribution in [0.15, 0.2) is 36.4 Å². The van der Waals surface area contributed by atoms with Gasteiger partial charge in [-0.3, -0.25) is 14.9 Å². The van der Waals surface area contributed by atoms with E-state index in [9.17, 15) is 30.2 Å². The number of phenols is 3. The first kappa shape index (κ1) is 15.3. The number of carbonyl (C=O) groups is 1. The molecular formula is C15H13NO6. The number of nitro benzene ring substituents is 1. The zero-order valence-electron chi connectivity index (χ0n) is 11.4. The number of nitro groups is 1. The third-order valence-electron chi connectivity index (χ3n) is 3.15. The number of hydrogen-bond donors (Lipinski definition) is 3. The molecule has 0 fully saturated rings. The van der Waals surface area contributed by atoms with Gasteiger partial charge in [-0.25, -0.2) is 0 Å². The molecule has 0 aliphatic carbocycles. The molecule has 0 aromatic heterocycles. The number of non-ortho nitro benzene ring substituents is 1. The fourth-order valence-corrected chi connectivity index (χ4v) is 2.05. The van der Waals surface area contributed by atoms with Gasteiger partial charge in [-0.05, 0) is 12.0 Å². The highest BCUT2D eigenvalue weighted by Crippen LogP contribution is 2.33. The summed E-state index contributed by atoms with van der Waals surface area (Å²) in [6.45, 7) is 0. The van der Waals surface area contributed by atoms with Gasteiger partial charge in [0.25, 0.3) is 5.69 Å². The van der Waals surface area contributed by atoms with Crippen LogP contribution in [0.3, 0.4) is 0 Å². The molecule has 0 aliphatic heterocycles. The molecule has 0 saturated heterocycles. The largest absolute Gasteiger partial charge is 0.508 e. The fraction of sp³-hybridized carbons (Fsp3) is 0.133. The van der Waals surface area contributed by atoms with E-state index in [0.29, 0.717) is 6.42 Å². The number of ketones is 1. The summed E-state index contributed by atoms with van der Waals surface area (Å²) in [5.74, 6) is -1.83. The zero-order chi connectivity index (χ0) is 16.3. The molecule has 0 spiro atoms. The highest BCUT2D eigenvalue weighted by molar-refractivity contribution is 6.01. The number of Topliss-reactive ketones (excluding diaryl/α,β-unsaturated/α-hetero) is 1. The van der Waals surface area contributed by atoms with E-state index in [0.717, 1.165) is 17.7 Å². The lowest BCUT2D eigenvalue weighted by molar-refractivity contribution is -0.384. The Morgan fingerprint density at radius 1 is 1.05 bits per heavy atom. The summed E-state index contributed by atoms with van der Waals surface area (Å²) >= 11 is 0. The van der Waals surface area contributed by atoms with Crippen molar-refractivity contribution >= 4 is 11.5 Å². The predicted molar refractivity (Wildman–Crippen MR) is 77.2 cm³/mol. The second-order valence-electron chi connectivity index (χ2n) is 4.71. The Labute approximate surface area is 125 Å². The highest BCUT2D eigenvalue weighted by atomic mass is 16.6. The van der Waals surface area contributed by atoms with Crippen LogP contribution in [0.2, 0.25) is 0 Å². The van der Waals surface area contributed by atoms with Crippen LogP contribution < -0.4 is 0 Å². The molecular weight excluding hydrogens is 290 g/mol. The standard InChI is InChI=1S/C15H13NO6/c17-11-7-13(19)15(14(20)8-11)12(18)6-3-9-1-4-10(5-2-9)16(21)22/h1-2,4-5,7-8,17,19-20H,3,6H2. The minimum absolute atomic E-state index is 0.00368. The Kier molecular flexibility index (Phi) is 4.26. The Balaban J connectivity index is 2.08. The van der Waals surface area contributed by atoms with Crippen LogP contribution in [0.4, 0.5) is 5.69 Å². The summed E-state index contributed by atoms with van der Waals surface area (Å²) in [4.78, 5) is 22.1. The normalized spacial score (nSPS) is 10.4. The molecule has 0 bridgehead atoms. The molecule has 0 aliphatic rings. The number of aromatic hydroxyl groups is 3. The number of aryl methyl sites for hydroxylation is 1. The summed E-state index contributed by atoms with van der Waals surface area (Å²) in [7, 11) is 0. The van der Waals surface area contributed by atoms with Gasteiger partial charge in [0.15, 0.2) is 5.78 Å². The number of hydrogen-bond acceptors (Lipinski definition) is 6. The van der Waals surface area contributed by atoms with Crippen molar-refractivity contribution in [2.45, 2.75) is 12.8 Å². The summed E-state index contributed by atoms with van der Waals surface area (Å²) in [6.07, 6.45) is 0.306. The van der Waals surface area contributed by atoms with E-state index in [-0.39, 0.29) is 23.4 Å². The third-order valence-corrected chi connectivity index (χ3v) is 3.15. The highest BCUT2D eigenvalue weighted by Gasteiger charge is 2.17. The van der Waals surface area contributed by atoms with Gasteiger partial charge in [0.1, 0.15) is 22.8 Å². The lowest BCUT2D eigenvalue weighted by atomic mass is 10.0. The van der Waals surface area contributed by atoms with Crippen molar-refractivity contribution in [3.63, 3.8) is 0 Å². The third kappa shape index (κ3) is 3.32. The van der Waals surface area contributed by atoms with Gasteiger partial charge in [0, 0.05) is 30.7 Å². The van der Waals surface area contributed by atoms with Crippen LogP contribution in [-0.2, 0) is 6.42 Å². The Morgan fingerprint density at radius 2 is 1.59 bits per heavy atom. The number of carbonyl (C=O) groups excluding carboxylic acids is 1. The van der Waals surface area contributed by atoms with E-state index in [1.54, 1.807) is 12.1 Å². The number of rotatable bonds is 5. The SMILES string of the molecule is O=C(CCc1ccc([N+](=O)[O-])cc1)c1c(O)cc(O)cc1O. The second-order valence-corrected chi connectivity index (χ2v) is 4.71. The summed E-state index contributed by atoms with van der Waals surface area (Å²) in [6, 6.07) is 7.71. The summed E-state index contributed by atoms with van der Waals surface area (Å²) in [5, 5.41) is 39.0. The Morgan fingerprint density at radius 3 is 2.09 bits per heavy atom. The van der Waals surface area contributed by atoms with E-state index >= 15 is 0 Å². The molecule has 2 aromatic rings. The van der Waals surface area contributed by atoms with E-state index < -0.39 is 22.2 Å². The Bertz CT molecular complexity index is 700. The first-order valence-corrected chi connectivity index (χ1v) is 6.40. The summed E-state index contributed by atoms with van der Waals surface area (Å²) < 4.78 is 0. The monoisotopic (exact) mass is 303 g/mol. The van der Waals surface area contributed by atoms with Crippen molar-refractivity contribution in [3.8, 4) is 17.2 Å². The minimum Gasteiger partial charge on any atom is -0.508 e. The molecule has 3 N–H and O–H groups in total. The molecule has 0 saturated carbocycles. The van der Waals surface area contributed by atoms with Gasteiger partial charge in [0.05, 0.1) is 4.92 Å². The van der Waals surface area contributed by atoms with Crippen molar-refractivity contribution < 1.29 is 25.0 Å². The maximum atomic E-state index is 12.0. The fourth-order valence-electron chi connectivity index (χ4n) is 2.05. The minimum atomic E-state index is -0.512. The topological polar surface area (TPSA) is 121 Å². The number of nitrogens with zero attached hydrogens (tertiary/aromatic N) is 1. The van der Waals surface area contributed by atoms with E-state index in [1.807, 2.05) is 0 Å². The Hall–Kier alpha value is -3.09. The van der Waals surface area contributed by atoms with Crippen LogP contribution in [0.5, 0.6) is 17.2 Å². The van der Waals surface area contributed by atoms with Gasteiger partial charge in [-0.1, -0.05) is 12.1 Å². The molecule has 0 amide bonds. The molecule has 0 radical (unpaired) electrons. The first-order valence-electron chi connectivity index (χ1n) is 6.40. The van der Waals surface area contributed by atoms with Gasteiger partial charge < -0.3 is 15.3 Å². The molecule has 0 unspecified atom stereocenters. The van der Waals surface area contributed by atoms with Crippen molar-refractivity contribution in [1.29, 1.82) is 0 Å². The van der Waals surface area contributed by atoms with Crippen molar-refractivity contribution in [3.05, 3.63) is 57.6 Å². The quantitative estimate of drug-likeness (QED) is 0.443. The molecule has 0 atom stereocenters. The van der Waals surface area contributed by atoms with Crippen molar-refractivity contribution in [2.75, 3.05) is 0 Å². The van der Waals surface area contributed by atoms with Gasteiger partial charge in [-0.2, -0.15) is 0 Å².